The Hall–Kier alpha value is -6.35. The van der Waals surface area contributed by atoms with Crippen molar-refractivity contribution >= 4 is 11.0 Å². The fourth-order valence-electron chi connectivity index (χ4n) is 8.95. The monoisotopic (exact) mass is 1040 g/mol. The molecule has 0 aliphatic heterocycles. The van der Waals surface area contributed by atoms with Gasteiger partial charge in [-0.25, -0.2) is 4.98 Å². The van der Waals surface area contributed by atoms with Gasteiger partial charge in [0.2, 0.25) is 0 Å². The Balaban J connectivity index is 0.00000608. The van der Waals surface area contributed by atoms with E-state index in [0.717, 1.165) is 78.0 Å². The molecule has 9 rings (SSSR count). The second kappa shape index (κ2) is 18.9. The van der Waals surface area contributed by atoms with E-state index in [0.29, 0.717) is 11.4 Å². The van der Waals surface area contributed by atoms with Crippen molar-refractivity contribution in [2.24, 2.45) is 0 Å². The van der Waals surface area contributed by atoms with Crippen LogP contribution in [0.25, 0.3) is 83.9 Å². The minimum Gasteiger partial charge on any atom is -0.507 e. The molecule has 9 aromatic rings. The summed E-state index contributed by atoms with van der Waals surface area (Å²) in [5, 5.41) is 12.3. The van der Waals surface area contributed by atoms with Crippen molar-refractivity contribution in [2.45, 2.75) is 85.5 Å². The van der Waals surface area contributed by atoms with E-state index in [9.17, 15) is 5.11 Å². The molecule has 0 fully saturated rings. The summed E-state index contributed by atoms with van der Waals surface area (Å²) in [5.41, 5.74) is 17.6. The van der Waals surface area contributed by atoms with Gasteiger partial charge in [-0.3, -0.25) is 9.55 Å². The van der Waals surface area contributed by atoms with Crippen molar-refractivity contribution in [3.8, 4) is 78.6 Å². The Labute approximate surface area is 407 Å². The first-order chi connectivity index (χ1) is 31.5. The van der Waals surface area contributed by atoms with Crippen LogP contribution in [0, 0.1) is 6.07 Å². The second-order valence-electron chi connectivity index (χ2n) is 19.2. The van der Waals surface area contributed by atoms with E-state index in [1.807, 2.05) is 44.3 Å². The molecular weight excluding hydrogens is 986 g/mol. The standard InChI is InChI=1S/C61H58N3O.Pt/c1-38(2)41-23-25-43(26-24-41)45-29-30-62-56(36-45)49-32-47(42-17-12-10-13-18-42)31-48(33-49)52-21-16-22-57-58(52)63-60(54-35-46(39(3)4)34-53(40(5)6)59(54)65)64(57)50-27-28-51(44-19-14-11-15-20-44)55(37-50)61(7,8)9;/h10-32,34-40,65H,1-9H3;/q-1;/i38D;. The molecule has 0 saturated heterocycles. The maximum atomic E-state index is 12.3. The number of hydrogen-bond donors (Lipinski definition) is 1. The third kappa shape index (κ3) is 9.09. The molecule has 0 bridgehead atoms. The number of fused-ring (bicyclic) bond motifs is 1. The summed E-state index contributed by atoms with van der Waals surface area (Å²) in [5.74, 6) is 0.601. The number of pyridine rings is 1. The van der Waals surface area contributed by atoms with Crippen molar-refractivity contribution < 1.29 is 27.5 Å². The topological polar surface area (TPSA) is 50.9 Å². The molecule has 2 aromatic heterocycles. The molecule has 0 aliphatic rings. The Morgan fingerprint density at radius 3 is 1.89 bits per heavy atom. The zero-order chi connectivity index (χ0) is 46.5. The Bertz CT molecular complexity index is 3210. The number of hydrogen-bond acceptors (Lipinski definition) is 3. The molecule has 0 atom stereocenters. The van der Waals surface area contributed by atoms with Crippen LogP contribution in [-0.2, 0) is 26.5 Å². The van der Waals surface area contributed by atoms with Crippen LogP contribution in [0.4, 0.5) is 0 Å². The van der Waals surface area contributed by atoms with Crippen LogP contribution in [-0.4, -0.2) is 19.6 Å². The molecule has 4 nitrogen and oxygen atoms in total. The molecule has 2 heterocycles. The zero-order valence-electron chi connectivity index (χ0n) is 40.3. The first-order valence-electron chi connectivity index (χ1n) is 23.3. The van der Waals surface area contributed by atoms with E-state index in [4.69, 9.17) is 11.3 Å². The molecule has 5 heteroatoms. The third-order valence-electron chi connectivity index (χ3n) is 12.6. The van der Waals surface area contributed by atoms with Gasteiger partial charge in [0.25, 0.3) is 0 Å². The van der Waals surface area contributed by atoms with Crippen molar-refractivity contribution in [1.29, 1.82) is 0 Å². The number of para-hydroxylation sites is 1. The van der Waals surface area contributed by atoms with Crippen LogP contribution < -0.4 is 0 Å². The normalized spacial score (nSPS) is 12.1. The van der Waals surface area contributed by atoms with Gasteiger partial charge in [-0.05, 0) is 104 Å². The predicted molar refractivity (Wildman–Crippen MR) is 273 cm³/mol. The van der Waals surface area contributed by atoms with Gasteiger partial charge in [-0.1, -0.05) is 194 Å². The van der Waals surface area contributed by atoms with Crippen molar-refractivity contribution in [2.75, 3.05) is 0 Å². The van der Waals surface area contributed by atoms with E-state index < -0.39 is 5.89 Å². The van der Waals surface area contributed by atoms with Gasteiger partial charge < -0.3 is 5.11 Å². The summed E-state index contributed by atoms with van der Waals surface area (Å²) in [6.07, 6.45) is 1.86. The Kier molecular flexibility index (Phi) is 12.8. The van der Waals surface area contributed by atoms with Crippen LogP contribution in [0.2, 0.25) is 0 Å². The Morgan fingerprint density at radius 2 is 1.24 bits per heavy atom. The number of rotatable bonds is 10. The molecule has 7 aromatic carbocycles. The first-order valence-corrected chi connectivity index (χ1v) is 22.8. The van der Waals surface area contributed by atoms with E-state index in [1.165, 1.54) is 16.7 Å². The predicted octanol–water partition coefficient (Wildman–Crippen LogP) is 16.6. The molecule has 1 N–H and O–H groups in total. The summed E-state index contributed by atoms with van der Waals surface area (Å²) in [4.78, 5) is 10.5. The summed E-state index contributed by atoms with van der Waals surface area (Å²) >= 11 is 0. The van der Waals surface area contributed by atoms with Gasteiger partial charge in [0.1, 0.15) is 11.6 Å². The van der Waals surface area contributed by atoms with Crippen LogP contribution >= 0.6 is 0 Å². The van der Waals surface area contributed by atoms with Crippen molar-refractivity contribution in [1.82, 2.24) is 14.5 Å². The van der Waals surface area contributed by atoms with E-state index >= 15 is 0 Å². The van der Waals surface area contributed by atoms with Crippen molar-refractivity contribution in [3.05, 3.63) is 192 Å². The maximum Gasteiger partial charge on any atom is 0.148 e. The van der Waals surface area contributed by atoms with Gasteiger partial charge in [0.05, 0.1) is 16.6 Å². The van der Waals surface area contributed by atoms with Crippen molar-refractivity contribution in [3.63, 3.8) is 0 Å². The van der Waals surface area contributed by atoms with Crippen LogP contribution in [0.5, 0.6) is 5.75 Å². The largest absolute Gasteiger partial charge is 0.507 e. The number of benzene rings is 7. The Morgan fingerprint density at radius 1 is 0.576 bits per heavy atom. The first kappa shape index (κ1) is 44.8. The quantitative estimate of drug-likeness (QED) is 0.139. The molecule has 0 aliphatic carbocycles. The molecule has 334 valence electrons. The maximum absolute atomic E-state index is 12.3. The van der Waals surface area contributed by atoms with Crippen LogP contribution in [0.3, 0.4) is 0 Å². The fourth-order valence-corrected chi connectivity index (χ4v) is 8.95. The molecule has 0 amide bonds. The molecule has 0 spiro atoms. The van der Waals surface area contributed by atoms with Gasteiger partial charge in [-0.2, -0.15) is 0 Å². The van der Waals surface area contributed by atoms with Crippen LogP contribution in [0.15, 0.2) is 164 Å². The van der Waals surface area contributed by atoms with Gasteiger partial charge in [-0.15, -0.1) is 23.8 Å². The van der Waals surface area contributed by atoms with Crippen LogP contribution in [0.1, 0.15) is 104 Å². The van der Waals surface area contributed by atoms with Gasteiger partial charge >= 0.3 is 0 Å². The average molecular weight is 1050 g/mol. The second-order valence-corrected chi connectivity index (χ2v) is 19.2. The third-order valence-corrected chi connectivity index (χ3v) is 12.6. The van der Waals surface area contributed by atoms with E-state index in [-0.39, 0.29) is 44.1 Å². The number of aromatic hydroxyl groups is 1. The number of phenolic OH excluding ortho intramolecular Hbond substituents is 1. The van der Waals surface area contributed by atoms with Gasteiger partial charge in [0, 0.05) is 40.0 Å². The number of nitrogens with zero attached hydrogens (tertiary/aromatic N) is 3. The van der Waals surface area contributed by atoms with E-state index in [1.54, 1.807) is 0 Å². The average Bonchev–Trinajstić information content (AvgIpc) is 3.71. The summed E-state index contributed by atoms with van der Waals surface area (Å²) in [6.45, 7) is 19.3. The number of phenols is 1. The fraction of sp³-hybridized carbons (Fsp3) is 0.213. The summed E-state index contributed by atoms with van der Waals surface area (Å²) in [6, 6.07) is 59.1. The van der Waals surface area contributed by atoms with Gasteiger partial charge in [0.15, 0.2) is 0 Å². The summed E-state index contributed by atoms with van der Waals surface area (Å²) in [7, 11) is 0. The number of aromatic nitrogens is 3. The van der Waals surface area contributed by atoms with E-state index in [2.05, 4.69) is 193 Å². The minimum absolute atomic E-state index is 0. The molecular formula is C61H58N3OPt-. The minimum atomic E-state index is -0.678. The molecule has 0 radical (unpaired) electrons. The number of imidazole rings is 1. The molecule has 0 saturated carbocycles. The zero-order valence-corrected chi connectivity index (χ0v) is 41.6. The SMILES string of the molecule is [2H]C(C)(C)c1ccc(-c2ccnc(-c3[c-]c(-c4cccc5c4nc(-c4cc(C(C)C)cc(C(C)C)c4O)n5-c4ccc(-c5ccccc5)c(C(C)(C)C)c4)cc(-c4ccccc4)c3)c2)cc1.[Pt]. The smallest absolute Gasteiger partial charge is 0.148 e. The molecule has 66 heavy (non-hydrogen) atoms. The summed E-state index contributed by atoms with van der Waals surface area (Å²) < 4.78 is 10.8. The molecule has 0 unspecified atom stereocenters.